The second-order valence-electron chi connectivity index (χ2n) is 3.70. The number of nitrogen functional groups attached to an aromatic ring is 2. The molecule has 70 valence electrons. The highest BCUT2D eigenvalue weighted by atomic mass is 15.0. The smallest absolute Gasteiger partial charge is 0.222 e. The van der Waals surface area contributed by atoms with Crippen molar-refractivity contribution in [3.05, 3.63) is 11.8 Å². The van der Waals surface area contributed by atoms with E-state index in [0.717, 1.165) is 11.6 Å². The Morgan fingerprint density at radius 2 is 2.08 bits per heavy atom. The van der Waals surface area contributed by atoms with Gasteiger partial charge >= 0.3 is 0 Å². The van der Waals surface area contributed by atoms with Gasteiger partial charge in [-0.15, -0.1) is 0 Å². The van der Waals surface area contributed by atoms with Crippen LogP contribution in [-0.4, -0.2) is 9.97 Å². The van der Waals surface area contributed by atoms with Crippen LogP contribution in [0.3, 0.4) is 0 Å². The summed E-state index contributed by atoms with van der Waals surface area (Å²) in [5.74, 6) is 1.98. The molecule has 13 heavy (non-hydrogen) atoms. The maximum Gasteiger partial charge on any atom is 0.222 e. The first-order chi connectivity index (χ1) is 6.16. The molecule has 4 heteroatoms. The summed E-state index contributed by atoms with van der Waals surface area (Å²) in [5.41, 5.74) is 12.1. The van der Waals surface area contributed by atoms with E-state index in [1.165, 1.54) is 12.8 Å². The van der Waals surface area contributed by atoms with E-state index in [2.05, 4.69) is 16.9 Å². The largest absolute Gasteiger partial charge is 0.384 e. The molecule has 1 saturated carbocycles. The van der Waals surface area contributed by atoms with Gasteiger partial charge in [-0.05, 0) is 18.8 Å². The van der Waals surface area contributed by atoms with Gasteiger partial charge in [-0.2, -0.15) is 4.98 Å². The zero-order chi connectivity index (χ0) is 9.42. The van der Waals surface area contributed by atoms with Gasteiger partial charge in [0.25, 0.3) is 0 Å². The second kappa shape index (κ2) is 2.87. The Bertz CT molecular complexity index is 299. The Morgan fingerprint density at radius 3 is 2.62 bits per heavy atom. The van der Waals surface area contributed by atoms with E-state index in [1.54, 1.807) is 0 Å². The Labute approximate surface area is 77.4 Å². The molecule has 0 radical (unpaired) electrons. The highest BCUT2D eigenvalue weighted by Crippen LogP contribution is 2.41. The van der Waals surface area contributed by atoms with Crippen molar-refractivity contribution in [3.8, 4) is 0 Å². The molecule has 1 aromatic heterocycles. The van der Waals surface area contributed by atoms with Crippen LogP contribution < -0.4 is 11.5 Å². The molecule has 1 aromatic rings. The van der Waals surface area contributed by atoms with E-state index < -0.39 is 0 Å². The molecule has 2 rings (SSSR count). The lowest BCUT2D eigenvalue weighted by molar-refractivity contribution is 0.643. The Hall–Kier alpha value is -1.32. The predicted molar refractivity (Wildman–Crippen MR) is 52.0 cm³/mol. The molecule has 0 aromatic carbocycles. The summed E-state index contributed by atoms with van der Waals surface area (Å²) < 4.78 is 0. The minimum atomic E-state index is 0.280. The molecule has 0 spiro atoms. The zero-order valence-electron chi connectivity index (χ0n) is 7.70. The molecule has 1 heterocycles. The van der Waals surface area contributed by atoms with Crippen LogP contribution >= 0.6 is 0 Å². The summed E-state index contributed by atoms with van der Waals surface area (Å²) in [6, 6.07) is 1.82. The van der Waals surface area contributed by atoms with Gasteiger partial charge in [0.2, 0.25) is 5.95 Å². The number of nitrogens with two attached hydrogens (primary N) is 2. The number of rotatable bonds is 2. The number of nitrogens with zero attached hydrogens (tertiary/aromatic N) is 2. The lowest BCUT2D eigenvalue weighted by Crippen LogP contribution is -2.06. The van der Waals surface area contributed by atoms with Gasteiger partial charge < -0.3 is 11.5 Å². The molecule has 1 aliphatic carbocycles. The summed E-state index contributed by atoms with van der Waals surface area (Å²) in [6.45, 7) is 2.17. The second-order valence-corrected chi connectivity index (χ2v) is 3.70. The van der Waals surface area contributed by atoms with Crippen molar-refractivity contribution < 1.29 is 0 Å². The highest BCUT2D eigenvalue weighted by Gasteiger charge is 2.30. The molecule has 1 fully saturated rings. The monoisotopic (exact) mass is 178 g/mol. The van der Waals surface area contributed by atoms with Crippen molar-refractivity contribution in [3.63, 3.8) is 0 Å². The highest BCUT2D eigenvalue weighted by molar-refractivity contribution is 5.37. The third-order valence-electron chi connectivity index (χ3n) is 2.58. The molecule has 4 nitrogen and oxygen atoms in total. The molecule has 0 aliphatic heterocycles. The first-order valence-electron chi connectivity index (χ1n) is 4.56. The minimum Gasteiger partial charge on any atom is -0.384 e. The van der Waals surface area contributed by atoms with E-state index in [4.69, 9.17) is 11.5 Å². The minimum absolute atomic E-state index is 0.280. The number of hydrogen-bond acceptors (Lipinski definition) is 4. The summed E-state index contributed by atoms with van der Waals surface area (Å²) in [5, 5.41) is 0. The maximum atomic E-state index is 5.59. The Morgan fingerprint density at radius 1 is 1.38 bits per heavy atom. The average molecular weight is 178 g/mol. The fourth-order valence-electron chi connectivity index (χ4n) is 1.58. The zero-order valence-corrected chi connectivity index (χ0v) is 7.70. The van der Waals surface area contributed by atoms with Crippen LogP contribution in [0.5, 0.6) is 0 Å². The Kier molecular flexibility index (Phi) is 1.83. The van der Waals surface area contributed by atoms with Crippen molar-refractivity contribution in [1.29, 1.82) is 0 Å². The van der Waals surface area contributed by atoms with Crippen molar-refractivity contribution in [1.82, 2.24) is 9.97 Å². The molecule has 0 bridgehead atoms. The van der Waals surface area contributed by atoms with Crippen LogP contribution in [0.4, 0.5) is 11.8 Å². The van der Waals surface area contributed by atoms with E-state index in [0.29, 0.717) is 11.7 Å². The summed E-state index contributed by atoms with van der Waals surface area (Å²) in [4.78, 5) is 8.02. The quantitative estimate of drug-likeness (QED) is 0.712. The number of anilines is 2. The summed E-state index contributed by atoms with van der Waals surface area (Å²) in [6.07, 6.45) is 2.59. The fourth-order valence-corrected chi connectivity index (χ4v) is 1.58. The first-order valence-corrected chi connectivity index (χ1v) is 4.56. The van der Waals surface area contributed by atoms with Gasteiger partial charge in [0.05, 0.1) is 5.69 Å². The summed E-state index contributed by atoms with van der Waals surface area (Å²) >= 11 is 0. The molecule has 0 amide bonds. The fraction of sp³-hybridized carbons (Fsp3) is 0.556. The van der Waals surface area contributed by atoms with Crippen LogP contribution in [0.15, 0.2) is 6.07 Å². The van der Waals surface area contributed by atoms with Crippen LogP contribution in [0.2, 0.25) is 0 Å². The number of hydrogen-bond donors (Lipinski definition) is 2. The molecule has 1 atom stereocenters. The standard InChI is InChI=1S/C9H14N4/c1-5(6-2-3-6)7-4-8(10)13-9(11)12-7/h4-6H,2-3H2,1H3,(H4,10,11,12,13)/t5-/m1/s1. The molecule has 4 N–H and O–H groups in total. The third kappa shape index (κ3) is 1.71. The topological polar surface area (TPSA) is 77.8 Å². The maximum absolute atomic E-state index is 5.59. The van der Waals surface area contributed by atoms with Crippen LogP contribution in [0.1, 0.15) is 31.4 Å². The average Bonchev–Trinajstić information content (AvgIpc) is 2.83. The lowest BCUT2D eigenvalue weighted by Gasteiger charge is -2.09. The van der Waals surface area contributed by atoms with Gasteiger partial charge in [0, 0.05) is 12.0 Å². The van der Waals surface area contributed by atoms with Gasteiger partial charge in [-0.3, -0.25) is 0 Å². The predicted octanol–water partition coefficient (Wildman–Crippen LogP) is 1.15. The van der Waals surface area contributed by atoms with Crippen LogP contribution in [0, 0.1) is 5.92 Å². The lowest BCUT2D eigenvalue weighted by atomic mass is 10.0. The van der Waals surface area contributed by atoms with Crippen LogP contribution in [0.25, 0.3) is 0 Å². The SMILES string of the molecule is C[C@@H](c1cc(N)nc(N)n1)C1CC1. The Balaban J connectivity index is 2.27. The van der Waals surface area contributed by atoms with Gasteiger partial charge in [-0.1, -0.05) is 6.92 Å². The van der Waals surface area contributed by atoms with E-state index in [-0.39, 0.29) is 5.95 Å². The van der Waals surface area contributed by atoms with Crippen molar-refractivity contribution in [2.45, 2.75) is 25.7 Å². The normalized spacial score (nSPS) is 18.5. The van der Waals surface area contributed by atoms with Crippen LogP contribution in [-0.2, 0) is 0 Å². The van der Waals surface area contributed by atoms with Gasteiger partial charge in [0.15, 0.2) is 0 Å². The van der Waals surface area contributed by atoms with Crippen molar-refractivity contribution in [2.75, 3.05) is 11.5 Å². The molecule has 1 aliphatic rings. The molecular formula is C9H14N4. The number of aromatic nitrogens is 2. The van der Waals surface area contributed by atoms with Crippen molar-refractivity contribution in [2.24, 2.45) is 5.92 Å². The molecule has 0 unspecified atom stereocenters. The van der Waals surface area contributed by atoms with E-state index >= 15 is 0 Å². The first kappa shape index (κ1) is 8.29. The van der Waals surface area contributed by atoms with Gasteiger partial charge in [0.1, 0.15) is 5.82 Å². The van der Waals surface area contributed by atoms with E-state index in [9.17, 15) is 0 Å². The van der Waals surface area contributed by atoms with Gasteiger partial charge in [-0.25, -0.2) is 4.98 Å². The molecular weight excluding hydrogens is 164 g/mol. The third-order valence-corrected chi connectivity index (χ3v) is 2.58. The molecule has 0 saturated heterocycles. The van der Waals surface area contributed by atoms with E-state index in [1.807, 2.05) is 6.07 Å². The summed E-state index contributed by atoms with van der Waals surface area (Å²) in [7, 11) is 0. The van der Waals surface area contributed by atoms with Crippen molar-refractivity contribution >= 4 is 11.8 Å².